The summed E-state index contributed by atoms with van der Waals surface area (Å²) >= 11 is 0. The first-order valence-corrected chi connectivity index (χ1v) is 9.65. The van der Waals surface area contributed by atoms with Crippen LogP contribution >= 0.6 is 0 Å². The Labute approximate surface area is 157 Å². The molecule has 0 bridgehead atoms. The summed E-state index contributed by atoms with van der Waals surface area (Å²) in [5.41, 5.74) is 3.44. The predicted molar refractivity (Wildman–Crippen MR) is 105 cm³/mol. The highest BCUT2D eigenvalue weighted by Gasteiger charge is 2.09. The van der Waals surface area contributed by atoms with E-state index in [9.17, 15) is 4.21 Å². The summed E-state index contributed by atoms with van der Waals surface area (Å²) in [7, 11) is 2.52. The molecule has 0 amide bonds. The zero-order chi connectivity index (χ0) is 18.5. The van der Waals surface area contributed by atoms with Gasteiger partial charge in [0.1, 0.15) is 11.0 Å². The molecule has 0 aliphatic heterocycles. The van der Waals surface area contributed by atoms with E-state index in [4.69, 9.17) is 0 Å². The molecule has 5 nitrogen and oxygen atoms in total. The maximum absolute atomic E-state index is 12.2. The van der Waals surface area contributed by atoms with Gasteiger partial charge in [-0.15, -0.1) is 0 Å². The van der Waals surface area contributed by atoms with Crippen molar-refractivity contribution in [1.29, 1.82) is 0 Å². The first-order valence-electron chi connectivity index (χ1n) is 8.54. The summed E-state index contributed by atoms with van der Waals surface area (Å²) in [5, 5.41) is 3.53. The van der Waals surface area contributed by atoms with Crippen LogP contribution in [0.5, 0.6) is 0 Å². The smallest absolute Gasteiger partial charge is 0.127 e. The second-order valence-electron chi connectivity index (χ2n) is 6.37. The third-order valence-electron chi connectivity index (χ3n) is 4.24. The van der Waals surface area contributed by atoms with Gasteiger partial charge >= 0.3 is 0 Å². The van der Waals surface area contributed by atoms with Crippen LogP contribution in [-0.4, -0.2) is 32.2 Å². The second kappa shape index (κ2) is 8.40. The zero-order valence-corrected chi connectivity index (χ0v) is 16.1. The van der Waals surface area contributed by atoms with Gasteiger partial charge in [0.25, 0.3) is 0 Å². The van der Waals surface area contributed by atoms with E-state index in [0.29, 0.717) is 0 Å². The lowest BCUT2D eigenvalue weighted by Crippen LogP contribution is -2.19. The fourth-order valence-corrected chi connectivity index (χ4v) is 3.58. The van der Waals surface area contributed by atoms with Gasteiger partial charge in [-0.2, -0.15) is 0 Å². The number of nitrogens with zero attached hydrogens (tertiary/aromatic N) is 3. The Morgan fingerprint density at radius 3 is 2.62 bits per heavy atom. The summed E-state index contributed by atoms with van der Waals surface area (Å²) in [5.74, 6) is 0. The largest absolute Gasteiger partial charge is 0.306 e. The van der Waals surface area contributed by atoms with E-state index in [1.807, 2.05) is 43.1 Å². The number of nitrogens with one attached hydrogen (secondary N) is 1. The SMILES string of the molecule is CC(NCc1cccc(S(=O)N(C)C)c1)c1ccc(-n2ccnc2)cc1. The average molecular weight is 369 g/mol. The van der Waals surface area contributed by atoms with E-state index >= 15 is 0 Å². The normalized spacial score (nSPS) is 13.7. The van der Waals surface area contributed by atoms with E-state index in [1.165, 1.54) is 5.56 Å². The molecule has 0 radical (unpaired) electrons. The molecule has 0 saturated heterocycles. The fourth-order valence-electron chi connectivity index (χ4n) is 2.71. The summed E-state index contributed by atoms with van der Waals surface area (Å²) in [6, 6.07) is 16.6. The first kappa shape index (κ1) is 18.5. The molecule has 0 aliphatic carbocycles. The Kier molecular flexibility index (Phi) is 5.98. The lowest BCUT2D eigenvalue weighted by molar-refractivity contribution is 0.573. The number of hydrogen-bond donors (Lipinski definition) is 1. The predicted octanol–water partition coefficient (Wildman–Crippen LogP) is 3.31. The third kappa shape index (κ3) is 4.46. The molecule has 2 unspecified atom stereocenters. The Bertz CT molecular complexity index is 860. The van der Waals surface area contributed by atoms with E-state index < -0.39 is 11.0 Å². The van der Waals surface area contributed by atoms with Crippen LogP contribution in [0.25, 0.3) is 5.69 Å². The summed E-state index contributed by atoms with van der Waals surface area (Å²) in [4.78, 5) is 4.90. The van der Waals surface area contributed by atoms with Crippen molar-refractivity contribution in [2.45, 2.75) is 24.4 Å². The molecule has 136 valence electrons. The summed E-state index contributed by atoms with van der Waals surface area (Å²) in [6.07, 6.45) is 5.50. The maximum Gasteiger partial charge on any atom is 0.127 e. The van der Waals surface area contributed by atoms with E-state index in [-0.39, 0.29) is 6.04 Å². The Hall–Kier alpha value is -2.28. The molecule has 3 rings (SSSR count). The van der Waals surface area contributed by atoms with Gasteiger partial charge in [0.05, 0.1) is 11.2 Å². The topological polar surface area (TPSA) is 50.2 Å². The molecule has 0 fully saturated rings. The van der Waals surface area contributed by atoms with Gasteiger partial charge in [-0.1, -0.05) is 24.3 Å². The van der Waals surface area contributed by atoms with Crippen molar-refractivity contribution in [3.8, 4) is 5.69 Å². The highest BCUT2D eigenvalue weighted by molar-refractivity contribution is 7.82. The van der Waals surface area contributed by atoms with Crippen molar-refractivity contribution in [1.82, 2.24) is 19.2 Å². The van der Waals surface area contributed by atoms with Crippen molar-refractivity contribution in [3.63, 3.8) is 0 Å². The van der Waals surface area contributed by atoms with Gasteiger partial charge in [0, 0.05) is 30.7 Å². The summed E-state index contributed by atoms with van der Waals surface area (Å²) < 4.78 is 15.9. The molecule has 0 spiro atoms. The van der Waals surface area contributed by atoms with Crippen molar-refractivity contribution in [3.05, 3.63) is 78.4 Å². The van der Waals surface area contributed by atoms with E-state index in [2.05, 4.69) is 47.6 Å². The summed E-state index contributed by atoms with van der Waals surface area (Å²) in [6.45, 7) is 2.87. The molecule has 0 saturated carbocycles. The molecule has 1 aromatic heterocycles. The Morgan fingerprint density at radius 2 is 1.96 bits per heavy atom. The van der Waals surface area contributed by atoms with E-state index in [0.717, 1.165) is 22.7 Å². The van der Waals surface area contributed by atoms with Crippen LogP contribution in [0.4, 0.5) is 0 Å². The van der Waals surface area contributed by atoms with Crippen LogP contribution in [0.2, 0.25) is 0 Å². The number of aromatic nitrogens is 2. The molecular weight excluding hydrogens is 344 g/mol. The van der Waals surface area contributed by atoms with Gasteiger partial charge in [0.2, 0.25) is 0 Å². The molecule has 2 atom stereocenters. The van der Waals surface area contributed by atoms with Gasteiger partial charge in [-0.3, -0.25) is 0 Å². The van der Waals surface area contributed by atoms with Crippen molar-refractivity contribution in [2.24, 2.45) is 0 Å². The highest BCUT2D eigenvalue weighted by Crippen LogP contribution is 2.17. The maximum atomic E-state index is 12.2. The van der Waals surface area contributed by atoms with Gasteiger partial charge in [-0.25, -0.2) is 13.5 Å². The van der Waals surface area contributed by atoms with Gasteiger partial charge in [-0.05, 0) is 56.4 Å². The molecule has 3 aromatic rings. The van der Waals surface area contributed by atoms with Gasteiger partial charge < -0.3 is 9.88 Å². The zero-order valence-electron chi connectivity index (χ0n) is 15.3. The van der Waals surface area contributed by atoms with Crippen LogP contribution in [0, 0.1) is 0 Å². The average Bonchev–Trinajstić information content (AvgIpc) is 3.20. The number of imidazole rings is 1. The van der Waals surface area contributed by atoms with Crippen LogP contribution in [-0.2, 0) is 17.5 Å². The van der Waals surface area contributed by atoms with Crippen LogP contribution in [0.3, 0.4) is 0 Å². The van der Waals surface area contributed by atoms with Crippen LogP contribution < -0.4 is 5.32 Å². The monoisotopic (exact) mass is 368 g/mol. The quantitative estimate of drug-likeness (QED) is 0.696. The minimum Gasteiger partial charge on any atom is -0.306 e. The number of rotatable bonds is 7. The Morgan fingerprint density at radius 1 is 1.19 bits per heavy atom. The van der Waals surface area contributed by atoms with Gasteiger partial charge in [0.15, 0.2) is 0 Å². The molecular formula is C20H24N4OS. The second-order valence-corrected chi connectivity index (χ2v) is 8.07. The molecule has 2 aromatic carbocycles. The van der Waals surface area contributed by atoms with Crippen LogP contribution in [0.15, 0.2) is 72.1 Å². The van der Waals surface area contributed by atoms with E-state index in [1.54, 1.807) is 16.8 Å². The minimum absolute atomic E-state index is 0.217. The molecule has 26 heavy (non-hydrogen) atoms. The number of benzene rings is 2. The van der Waals surface area contributed by atoms with Crippen molar-refractivity contribution >= 4 is 11.0 Å². The standard InChI is InChI=1S/C20H24N4OS/c1-16(18-7-9-19(10-8-18)24-12-11-21-15-24)22-14-17-5-4-6-20(13-17)26(25)23(2)3/h4-13,15-16,22H,14H2,1-3H3. The molecule has 0 aliphatic rings. The minimum atomic E-state index is -1.12. The van der Waals surface area contributed by atoms with Crippen molar-refractivity contribution in [2.75, 3.05) is 14.1 Å². The Balaban J connectivity index is 1.63. The number of hydrogen-bond acceptors (Lipinski definition) is 3. The third-order valence-corrected chi connectivity index (χ3v) is 5.56. The van der Waals surface area contributed by atoms with Crippen molar-refractivity contribution < 1.29 is 4.21 Å². The fraction of sp³-hybridized carbons (Fsp3) is 0.250. The highest BCUT2D eigenvalue weighted by atomic mass is 32.2. The van der Waals surface area contributed by atoms with Crippen LogP contribution in [0.1, 0.15) is 24.1 Å². The first-order chi connectivity index (χ1) is 12.5. The molecule has 6 heteroatoms. The lowest BCUT2D eigenvalue weighted by atomic mass is 10.1. The molecule has 1 N–H and O–H groups in total. The molecule has 1 heterocycles. The lowest BCUT2D eigenvalue weighted by Gasteiger charge is -2.16.